The summed E-state index contributed by atoms with van der Waals surface area (Å²) in [6.07, 6.45) is 59.4. The van der Waals surface area contributed by atoms with Gasteiger partial charge < -0.3 is 15.5 Å². The normalized spacial score (nSPS) is 13.4. The standard InChI is InChI=1S/C48H89NO3/c1-3-5-7-9-11-13-15-17-19-21-23-24-26-27-29-31-33-35-37-39-41-43-47(51)46(45-50)49-48(52)44-42-40-38-36-34-32-30-28-25-22-20-18-16-14-12-10-8-6-4-2/h12,14,16,18,33,35,41,43,46-47,50-51H,3-11,13,15,17,19-32,34,36-40,42,44-45H2,1-2H3,(H,49,52)/b14-12-,18-16-,35-33+,43-41+. The Morgan fingerprint density at radius 3 is 1.27 bits per heavy atom. The smallest absolute Gasteiger partial charge is 0.220 e. The van der Waals surface area contributed by atoms with Gasteiger partial charge in [-0.05, 0) is 57.8 Å². The van der Waals surface area contributed by atoms with Crippen LogP contribution in [0.5, 0.6) is 0 Å². The largest absolute Gasteiger partial charge is 0.394 e. The molecule has 0 saturated carbocycles. The van der Waals surface area contributed by atoms with Gasteiger partial charge in [-0.2, -0.15) is 0 Å². The molecule has 304 valence electrons. The predicted octanol–water partition coefficient (Wildman–Crippen LogP) is 14.4. The fourth-order valence-electron chi connectivity index (χ4n) is 6.77. The first-order valence-electron chi connectivity index (χ1n) is 22.9. The average molecular weight is 728 g/mol. The maximum atomic E-state index is 12.4. The predicted molar refractivity (Wildman–Crippen MR) is 230 cm³/mol. The number of aliphatic hydroxyl groups excluding tert-OH is 2. The van der Waals surface area contributed by atoms with Crippen LogP contribution in [0, 0.1) is 0 Å². The van der Waals surface area contributed by atoms with E-state index in [2.05, 4.69) is 55.6 Å². The molecule has 0 aliphatic heterocycles. The molecule has 0 aliphatic carbocycles. The SMILES string of the molecule is CCCCC/C=C\C=C/CCCCCCCCCCCCC(=O)NC(CO)C(O)/C=C/CC/C=C/CCCCCCCCCCCCCCCCC. The van der Waals surface area contributed by atoms with E-state index in [0.717, 1.165) is 32.1 Å². The van der Waals surface area contributed by atoms with E-state index in [0.29, 0.717) is 6.42 Å². The van der Waals surface area contributed by atoms with Crippen LogP contribution in [0.25, 0.3) is 0 Å². The molecule has 0 aromatic heterocycles. The highest BCUT2D eigenvalue weighted by Crippen LogP contribution is 2.15. The Kier molecular flexibility index (Phi) is 42.4. The van der Waals surface area contributed by atoms with Gasteiger partial charge in [0.25, 0.3) is 0 Å². The van der Waals surface area contributed by atoms with E-state index in [9.17, 15) is 15.0 Å². The van der Waals surface area contributed by atoms with Gasteiger partial charge in [-0.25, -0.2) is 0 Å². The van der Waals surface area contributed by atoms with E-state index in [4.69, 9.17) is 0 Å². The first-order valence-corrected chi connectivity index (χ1v) is 22.9. The van der Waals surface area contributed by atoms with Gasteiger partial charge in [-0.1, -0.05) is 217 Å². The van der Waals surface area contributed by atoms with Gasteiger partial charge in [0.2, 0.25) is 5.91 Å². The zero-order chi connectivity index (χ0) is 37.8. The first-order chi connectivity index (χ1) is 25.7. The fraction of sp³-hybridized carbons (Fsp3) is 0.812. The minimum atomic E-state index is -0.864. The summed E-state index contributed by atoms with van der Waals surface area (Å²) in [5.41, 5.74) is 0. The number of aliphatic hydroxyl groups is 2. The Bertz CT molecular complexity index is 831. The molecule has 0 bridgehead atoms. The van der Waals surface area contributed by atoms with Crippen molar-refractivity contribution in [3.05, 3.63) is 48.6 Å². The summed E-state index contributed by atoms with van der Waals surface area (Å²) in [6.45, 7) is 4.28. The van der Waals surface area contributed by atoms with Crippen molar-refractivity contribution in [1.82, 2.24) is 5.32 Å². The Labute approximate surface area is 324 Å². The molecule has 3 N–H and O–H groups in total. The van der Waals surface area contributed by atoms with Crippen LogP contribution in [0.15, 0.2) is 48.6 Å². The highest BCUT2D eigenvalue weighted by atomic mass is 16.3. The molecule has 52 heavy (non-hydrogen) atoms. The number of carbonyl (C=O) groups is 1. The zero-order valence-electron chi connectivity index (χ0n) is 34.8. The highest BCUT2D eigenvalue weighted by Gasteiger charge is 2.17. The van der Waals surface area contributed by atoms with Gasteiger partial charge >= 0.3 is 0 Å². The Morgan fingerprint density at radius 2 is 0.808 bits per heavy atom. The van der Waals surface area contributed by atoms with Crippen LogP contribution < -0.4 is 5.32 Å². The molecule has 1 amide bonds. The van der Waals surface area contributed by atoms with Gasteiger partial charge in [-0.3, -0.25) is 4.79 Å². The number of carbonyl (C=O) groups excluding carboxylic acids is 1. The minimum Gasteiger partial charge on any atom is -0.394 e. The van der Waals surface area contributed by atoms with Crippen LogP contribution >= 0.6 is 0 Å². The number of hydrogen-bond acceptors (Lipinski definition) is 3. The number of hydrogen-bond donors (Lipinski definition) is 3. The second-order valence-electron chi connectivity index (χ2n) is 15.5. The summed E-state index contributed by atoms with van der Waals surface area (Å²) in [6, 6.07) is -0.641. The number of rotatable bonds is 41. The van der Waals surface area contributed by atoms with Crippen LogP contribution in [-0.4, -0.2) is 34.9 Å². The van der Waals surface area contributed by atoms with E-state index in [1.807, 2.05) is 6.08 Å². The second kappa shape index (κ2) is 43.8. The lowest BCUT2D eigenvalue weighted by Crippen LogP contribution is -2.45. The molecular weight excluding hydrogens is 639 g/mol. The molecule has 0 aromatic rings. The van der Waals surface area contributed by atoms with Crippen molar-refractivity contribution in [2.24, 2.45) is 0 Å². The molecule has 2 unspecified atom stereocenters. The summed E-state index contributed by atoms with van der Waals surface area (Å²) < 4.78 is 0. The third-order valence-corrected chi connectivity index (χ3v) is 10.3. The van der Waals surface area contributed by atoms with E-state index < -0.39 is 12.1 Å². The van der Waals surface area contributed by atoms with Gasteiger partial charge in [0, 0.05) is 6.42 Å². The highest BCUT2D eigenvalue weighted by molar-refractivity contribution is 5.76. The first kappa shape index (κ1) is 50.4. The summed E-state index contributed by atoms with van der Waals surface area (Å²) >= 11 is 0. The molecule has 0 aromatic carbocycles. The molecule has 0 aliphatic rings. The Balaban J connectivity index is 3.61. The van der Waals surface area contributed by atoms with Gasteiger partial charge in [0.05, 0.1) is 18.8 Å². The molecule has 4 nitrogen and oxygen atoms in total. The second-order valence-corrected chi connectivity index (χ2v) is 15.5. The van der Waals surface area contributed by atoms with E-state index >= 15 is 0 Å². The number of allylic oxidation sites excluding steroid dienone is 7. The van der Waals surface area contributed by atoms with Crippen LogP contribution in [0.2, 0.25) is 0 Å². The maximum Gasteiger partial charge on any atom is 0.220 e. The third kappa shape index (κ3) is 39.6. The number of nitrogens with one attached hydrogen (secondary N) is 1. The monoisotopic (exact) mass is 728 g/mol. The van der Waals surface area contributed by atoms with Crippen LogP contribution in [0.3, 0.4) is 0 Å². The molecule has 0 rings (SSSR count). The lowest BCUT2D eigenvalue weighted by atomic mass is 10.0. The van der Waals surface area contributed by atoms with Crippen molar-refractivity contribution in [2.45, 2.75) is 244 Å². The van der Waals surface area contributed by atoms with E-state index in [1.165, 1.54) is 180 Å². The minimum absolute atomic E-state index is 0.0777. The van der Waals surface area contributed by atoms with Crippen LogP contribution in [-0.2, 0) is 4.79 Å². The van der Waals surface area contributed by atoms with Crippen molar-refractivity contribution in [1.29, 1.82) is 0 Å². The van der Waals surface area contributed by atoms with Gasteiger partial charge in [-0.15, -0.1) is 0 Å². The summed E-state index contributed by atoms with van der Waals surface area (Å²) in [5, 5.41) is 23.0. The van der Waals surface area contributed by atoms with E-state index in [1.54, 1.807) is 6.08 Å². The Hall–Kier alpha value is -1.65. The van der Waals surface area contributed by atoms with E-state index in [-0.39, 0.29) is 12.5 Å². The lowest BCUT2D eigenvalue weighted by molar-refractivity contribution is -0.123. The summed E-state index contributed by atoms with van der Waals surface area (Å²) in [4.78, 5) is 12.4. The molecule has 4 heteroatoms. The van der Waals surface area contributed by atoms with Crippen molar-refractivity contribution < 1.29 is 15.0 Å². The zero-order valence-corrected chi connectivity index (χ0v) is 34.8. The maximum absolute atomic E-state index is 12.4. The topological polar surface area (TPSA) is 69.6 Å². The van der Waals surface area contributed by atoms with Crippen molar-refractivity contribution in [2.75, 3.05) is 6.61 Å². The average Bonchev–Trinajstić information content (AvgIpc) is 3.15. The summed E-state index contributed by atoms with van der Waals surface area (Å²) in [5.74, 6) is -0.0777. The van der Waals surface area contributed by atoms with Crippen molar-refractivity contribution in [3.8, 4) is 0 Å². The van der Waals surface area contributed by atoms with Gasteiger partial charge in [0.15, 0.2) is 0 Å². The third-order valence-electron chi connectivity index (χ3n) is 10.3. The van der Waals surface area contributed by atoms with Crippen molar-refractivity contribution >= 4 is 5.91 Å². The molecule has 0 heterocycles. The Morgan fingerprint density at radius 1 is 0.462 bits per heavy atom. The number of amides is 1. The van der Waals surface area contributed by atoms with Crippen LogP contribution in [0.4, 0.5) is 0 Å². The number of unbranched alkanes of at least 4 members (excludes halogenated alkanes) is 29. The quantitative estimate of drug-likeness (QED) is 0.0334. The molecule has 0 radical (unpaired) electrons. The molecular formula is C48H89NO3. The van der Waals surface area contributed by atoms with Crippen LogP contribution in [0.1, 0.15) is 232 Å². The fourth-order valence-corrected chi connectivity index (χ4v) is 6.77. The summed E-state index contributed by atoms with van der Waals surface area (Å²) in [7, 11) is 0. The molecule has 0 spiro atoms. The molecule has 0 fully saturated rings. The molecule has 2 atom stereocenters. The lowest BCUT2D eigenvalue weighted by Gasteiger charge is -2.19. The van der Waals surface area contributed by atoms with Gasteiger partial charge in [0.1, 0.15) is 0 Å². The molecule has 0 saturated heterocycles. The van der Waals surface area contributed by atoms with Crippen molar-refractivity contribution in [3.63, 3.8) is 0 Å².